The standard InChI is InChI=1S/C14H15FN2OS2/c1-10-8-19-14(17-10)20-9-13(18)16-7-6-11-2-4-12(15)5-3-11/h2-5,8H,6-7,9H2,1H3,(H,16,18). The Kier molecular flexibility index (Phi) is 5.55. The van der Waals surface area contributed by atoms with Crippen molar-refractivity contribution in [3.05, 3.63) is 46.7 Å². The second kappa shape index (κ2) is 7.40. The van der Waals surface area contributed by atoms with Crippen LogP contribution < -0.4 is 5.32 Å². The number of aryl methyl sites for hydroxylation is 1. The number of halogens is 1. The molecule has 0 saturated carbocycles. The lowest BCUT2D eigenvalue weighted by Crippen LogP contribution is -2.27. The van der Waals surface area contributed by atoms with Crippen molar-refractivity contribution in [2.75, 3.05) is 12.3 Å². The monoisotopic (exact) mass is 310 g/mol. The van der Waals surface area contributed by atoms with Gasteiger partial charge in [0.15, 0.2) is 4.34 Å². The van der Waals surface area contributed by atoms with Crippen LogP contribution in [-0.4, -0.2) is 23.2 Å². The zero-order chi connectivity index (χ0) is 14.4. The van der Waals surface area contributed by atoms with Gasteiger partial charge in [0.2, 0.25) is 5.91 Å². The van der Waals surface area contributed by atoms with Crippen LogP contribution in [0.4, 0.5) is 4.39 Å². The minimum Gasteiger partial charge on any atom is -0.355 e. The van der Waals surface area contributed by atoms with E-state index in [1.165, 1.54) is 23.9 Å². The van der Waals surface area contributed by atoms with Crippen molar-refractivity contribution in [2.24, 2.45) is 0 Å². The van der Waals surface area contributed by atoms with Gasteiger partial charge >= 0.3 is 0 Å². The number of amides is 1. The molecule has 0 saturated heterocycles. The smallest absolute Gasteiger partial charge is 0.230 e. The lowest BCUT2D eigenvalue weighted by molar-refractivity contribution is -0.118. The molecule has 0 aliphatic rings. The molecule has 0 spiro atoms. The summed E-state index contributed by atoms with van der Waals surface area (Å²) in [6.45, 7) is 2.49. The zero-order valence-electron chi connectivity index (χ0n) is 11.1. The van der Waals surface area contributed by atoms with Gasteiger partial charge in [0.05, 0.1) is 5.75 Å². The first-order valence-corrected chi connectivity index (χ1v) is 8.06. The highest BCUT2D eigenvalue weighted by atomic mass is 32.2. The third kappa shape index (κ3) is 4.94. The molecule has 0 unspecified atom stereocenters. The summed E-state index contributed by atoms with van der Waals surface area (Å²) in [7, 11) is 0. The Balaban J connectivity index is 1.66. The van der Waals surface area contributed by atoms with Gasteiger partial charge < -0.3 is 5.32 Å². The number of carbonyl (C=O) groups excluding carboxylic acids is 1. The van der Waals surface area contributed by atoms with E-state index >= 15 is 0 Å². The van der Waals surface area contributed by atoms with Gasteiger partial charge in [0, 0.05) is 17.6 Å². The summed E-state index contributed by atoms with van der Waals surface area (Å²) in [5, 5.41) is 4.81. The average Bonchev–Trinajstić information content (AvgIpc) is 2.85. The van der Waals surface area contributed by atoms with E-state index in [1.54, 1.807) is 23.5 Å². The lowest BCUT2D eigenvalue weighted by atomic mass is 10.1. The van der Waals surface area contributed by atoms with E-state index in [1.807, 2.05) is 12.3 Å². The highest BCUT2D eigenvalue weighted by Gasteiger charge is 2.05. The van der Waals surface area contributed by atoms with E-state index in [-0.39, 0.29) is 11.7 Å². The molecule has 1 aromatic carbocycles. The first kappa shape index (κ1) is 15.0. The van der Waals surface area contributed by atoms with Gasteiger partial charge in [-0.05, 0) is 31.0 Å². The Morgan fingerprint density at radius 3 is 2.80 bits per heavy atom. The molecule has 0 radical (unpaired) electrons. The van der Waals surface area contributed by atoms with E-state index in [4.69, 9.17) is 0 Å². The maximum atomic E-state index is 12.7. The Morgan fingerprint density at radius 1 is 1.40 bits per heavy atom. The summed E-state index contributed by atoms with van der Waals surface area (Å²) in [5.41, 5.74) is 1.99. The van der Waals surface area contributed by atoms with Crippen LogP contribution in [0.2, 0.25) is 0 Å². The molecule has 1 N–H and O–H groups in total. The molecule has 0 aliphatic carbocycles. The van der Waals surface area contributed by atoms with Gasteiger partial charge in [0.25, 0.3) is 0 Å². The fraction of sp³-hybridized carbons (Fsp3) is 0.286. The van der Waals surface area contributed by atoms with Gasteiger partial charge in [-0.1, -0.05) is 23.9 Å². The fourth-order valence-electron chi connectivity index (χ4n) is 1.57. The molecule has 1 aromatic heterocycles. The topological polar surface area (TPSA) is 42.0 Å². The van der Waals surface area contributed by atoms with E-state index < -0.39 is 0 Å². The zero-order valence-corrected chi connectivity index (χ0v) is 12.7. The number of benzene rings is 1. The molecular formula is C14H15FN2OS2. The van der Waals surface area contributed by atoms with Gasteiger partial charge in [0.1, 0.15) is 5.82 Å². The first-order valence-electron chi connectivity index (χ1n) is 6.19. The SMILES string of the molecule is Cc1csc(SCC(=O)NCCc2ccc(F)cc2)n1. The molecule has 0 aliphatic heterocycles. The number of thioether (sulfide) groups is 1. The molecule has 6 heteroatoms. The third-order valence-corrected chi connectivity index (χ3v) is 4.71. The number of aromatic nitrogens is 1. The molecule has 0 bridgehead atoms. The van der Waals surface area contributed by atoms with Crippen molar-refractivity contribution >= 4 is 29.0 Å². The molecular weight excluding hydrogens is 295 g/mol. The summed E-state index contributed by atoms with van der Waals surface area (Å²) < 4.78 is 13.6. The quantitative estimate of drug-likeness (QED) is 0.834. The Hall–Kier alpha value is -1.40. The number of rotatable bonds is 6. The number of nitrogens with zero attached hydrogens (tertiary/aromatic N) is 1. The van der Waals surface area contributed by atoms with Gasteiger partial charge in [-0.2, -0.15) is 0 Å². The second-order valence-corrected chi connectivity index (χ2v) is 6.35. The van der Waals surface area contributed by atoms with Crippen molar-refractivity contribution in [1.82, 2.24) is 10.3 Å². The molecule has 20 heavy (non-hydrogen) atoms. The maximum absolute atomic E-state index is 12.7. The summed E-state index contributed by atoms with van der Waals surface area (Å²) in [6, 6.07) is 6.32. The van der Waals surface area contributed by atoms with Crippen LogP contribution in [0.1, 0.15) is 11.3 Å². The Bertz CT molecular complexity index is 569. The van der Waals surface area contributed by atoms with Crippen molar-refractivity contribution < 1.29 is 9.18 Å². The highest BCUT2D eigenvalue weighted by Crippen LogP contribution is 2.21. The number of carbonyl (C=O) groups is 1. The van der Waals surface area contributed by atoms with Crippen LogP contribution in [0.25, 0.3) is 0 Å². The van der Waals surface area contributed by atoms with E-state index in [2.05, 4.69) is 10.3 Å². The summed E-state index contributed by atoms with van der Waals surface area (Å²) in [6.07, 6.45) is 0.701. The largest absolute Gasteiger partial charge is 0.355 e. The highest BCUT2D eigenvalue weighted by molar-refractivity contribution is 8.01. The van der Waals surface area contributed by atoms with Gasteiger partial charge in [-0.25, -0.2) is 9.37 Å². The van der Waals surface area contributed by atoms with Crippen LogP contribution >= 0.6 is 23.1 Å². The van der Waals surface area contributed by atoms with Crippen LogP contribution in [0.3, 0.4) is 0 Å². The Morgan fingerprint density at radius 2 is 2.15 bits per heavy atom. The summed E-state index contributed by atoms with van der Waals surface area (Å²) in [5.74, 6) is 0.119. The van der Waals surface area contributed by atoms with E-state index in [0.29, 0.717) is 18.7 Å². The van der Waals surface area contributed by atoms with Crippen LogP contribution in [0.5, 0.6) is 0 Å². The van der Waals surface area contributed by atoms with Crippen LogP contribution in [-0.2, 0) is 11.2 Å². The first-order chi connectivity index (χ1) is 9.63. The summed E-state index contributed by atoms with van der Waals surface area (Å²) >= 11 is 2.99. The Labute approximate surface area is 125 Å². The predicted octanol–water partition coefficient (Wildman–Crippen LogP) is 3.04. The minimum absolute atomic E-state index is 0.00929. The number of hydrogen-bond donors (Lipinski definition) is 1. The van der Waals surface area contributed by atoms with Crippen molar-refractivity contribution in [3.8, 4) is 0 Å². The minimum atomic E-state index is -0.243. The van der Waals surface area contributed by atoms with Gasteiger partial charge in [-0.3, -0.25) is 4.79 Å². The molecule has 1 amide bonds. The van der Waals surface area contributed by atoms with Gasteiger partial charge in [-0.15, -0.1) is 11.3 Å². The van der Waals surface area contributed by atoms with Crippen LogP contribution in [0.15, 0.2) is 34.0 Å². The van der Waals surface area contributed by atoms with Crippen LogP contribution in [0, 0.1) is 12.7 Å². The maximum Gasteiger partial charge on any atom is 0.230 e. The molecule has 2 aromatic rings. The van der Waals surface area contributed by atoms with Crippen molar-refractivity contribution in [3.63, 3.8) is 0 Å². The number of nitrogens with one attached hydrogen (secondary N) is 1. The van der Waals surface area contributed by atoms with Crippen molar-refractivity contribution in [1.29, 1.82) is 0 Å². The molecule has 0 fully saturated rings. The second-order valence-electron chi connectivity index (χ2n) is 4.27. The molecule has 106 valence electrons. The summed E-state index contributed by atoms with van der Waals surface area (Å²) in [4.78, 5) is 15.9. The van der Waals surface area contributed by atoms with E-state index in [0.717, 1.165) is 15.6 Å². The van der Waals surface area contributed by atoms with Crippen molar-refractivity contribution in [2.45, 2.75) is 17.7 Å². The average molecular weight is 310 g/mol. The molecule has 2 rings (SSSR count). The lowest BCUT2D eigenvalue weighted by Gasteiger charge is -2.04. The fourth-order valence-corrected chi connectivity index (χ4v) is 3.25. The number of hydrogen-bond acceptors (Lipinski definition) is 4. The predicted molar refractivity (Wildman–Crippen MR) is 80.7 cm³/mol. The number of thiazole rings is 1. The normalized spacial score (nSPS) is 10.5. The third-order valence-electron chi connectivity index (χ3n) is 2.57. The molecule has 3 nitrogen and oxygen atoms in total. The molecule has 0 atom stereocenters. The molecule has 1 heterocycles. The van der Waals surface area contributed by atoms with E-state index in [9.17, 15) is 9.18 Å².